The molecule has 0 spiro atoms. The molecular weight excluding hydrogens is 226 g/mol. The molecule has 0 atom stereocenters. The lowest BCUT2D eigenvalue weighted by atomic mass is 10.1. The lowest BCUT2D eigenvalue weighted by molar-refractivity contribution is 0.709. The molecule has 0 aliphatic heterocycles. The van der Waals surface area contributed by atoms with Crippen molar-refractivity contribution < 1.29 is 0 Å². The average molecular weight is 239 g/mol. The second-order valence-electron chi connectivity index (χ2n) is 4.11. The summed E-state index contributed by atoms with van der Waals surface area (Å²) < 4.78 is 6.74. The fraction of sp³-hybridized carbons (Fsp3) is 0.500. The number of nitrogens with zero attached hydrogens (tertiary/aromatic N) is 3. The maximum Gasteiger partial charge on any atom is 0.332 e. The van der Waals surface area contributed by atoms with Crippen molar-refractivity contribution in [3.05, 3.63) is 25.7 Å². The summed E-state index contributed by atoms with van der Waals surface area (Å²) in [5.74, 6) is 0.236. The molecule has 0 unspecified atom stereocenters. The first-order chi connectivity index (χ1) is 7.45. The summed E-state index contributed by atoms with van der Waals surface area (Å²) in [6.45, 7) is 4.02. The Kier molecular flexibility index (Phi) is 2.46. The highest BCUT2D eigenvalue weighted by molar-refractivity contribution is 7.07. The van der Waals surface area contributed by atoms with E-state index >= 15 is 0 Å². The standard InChI is InChI=1S/C10H13N3O2S/c1-5(2)7-6-8(11-16-7)12(3)10(15)13(4)9(6)14/h5H,1-4H3. The van der Waals surface area contributed by atoms with Crippen LogP contribution < -0.4 is 11.2 Å². The summed E-state index contributed by atoms with van der Waals surface area (Å²) in [7, 11) is 3.12. The lowest BCUT2D eigenvalue weighted by Gasteiger charge is -2.04. The summed E-state index contributed by atoms with van der Waals surface area (Å²) in [5, 5.41) is 0.574. The van der Waals surface area contributed by atoms with Gasteiger partial charge in [0.25, 0.3) is 5.56 Å². The highest BCUT2D eigenvalue weighted by Crippen LogP contribution is 2.25. The van der Waals surface area contributed by atoms with E-state index in [1.54, 1.807) is 7.05 Å². The molecule has 0 N–H and O–H groups in total. The Labute approximate surface area is 96.1 Å². The van der Waals surface area contributed by atoms with E-state index in [0.29, 0.717) is 11.0 Å². The van der Waals surface area contributed by atoms with Crippen LogP contribution in [0.15, 0.2) is 9.59 Å². The van der Waals surface area contributed by atoms with Gasteiger partial charge in [0.15, 0.2) is 5.65 Å². The topological polar surface area (TPSA) is 56.9 Å². The van der Waals surface area contributed by atoms with E-state index in [2.05, 4.69) is 4.37 Å². The lowest BCUT2D eigenvalue weighted by Crippen LogP contribution is -2.37. The van der Waals surface area contributed by atoms with Crippen LogP contribution in [0.3, 0.4) is 0 Å². The molecule has 2 aromatic heterocycles. The molecule has 2 aromatic rings. The minimum Gasteiger partial charge on any atom is -0.280 e. The number of rotatable bonds is 1. The van der Waals surface area contributed by atoms with Crippen molar-refractivity contribution in [2.45, 2.75) is 19.8 Å². The van der Waals surface area contributed by atoms with Crippen molar-refractivity contribution in [2.75, 3.05) is 0 Å². The Morgan fingerprint density at radius 1 is 1.19 bits per heavy atom. The van der Waals surface area contributed by atoms with Crippen LogP contribution in [-0.4, -0.2) is 13.5 Å². The molecule has 16 heavy (non-hydrogen) atoms. The molecule has 2 heterocycles. The molecule has 0 aliphatic rings. The van der Waals surface area contributed by atoms with Gasteiger partial charge in [-0.3, -0.25) is 13.9 Å². The normalized spacial score (nSPS) is 11.6. The van der Waals surface area contributed by atoms with Crippen LogP contribution in [0.2, 0.25) is 0 Å². The zero-order valence-electron chi connectivity index (χ0n) is 9.64. The van der Waals surface area contributed by atoms with E-state index in [4.69, 9.17) is 0 Å². The van der Waals surface area contributed by atoms with Crippen LogP contribution >= 0.6 is 11.5 Å². The van der Waals surface area contributed by atoms with Crippen molar-refractivity contribution in [1.29, 1.82) is 0 Å². The Morgan fingerprint density at radius 2 is 1.81 bits per heavy atom. The van der Waals surface area contributed by atoms with Gasteiger partial charge in [-0.05, 0) is 17.5 Å². The molecule has 6 heteroatoms. The Balaban J connectivity index is 3.07. The van der Waals surface area contributed by atoms with Crippen LogP contribution in [-0.2, 0) is 14.1 Å². The summed E-state index contributed by atoms with van der Waals surface area (Å²) in [6, 6.07) is 0. The van der Waals surface area contributed by atoms with Gasteiger partial charge >= 0.3 is 5.69 Å². The SMILES string of the molecule is CC(C)c1snc2c1c(=O)n(C)c(=O)n2C. The van der Waals surface area contributed by atoms with Gasteiger partial charge in [0.2, 0.25) is 0 Å². The van der Waals surface area contributed by atoms with Crippen molar-refractivity contribution in [2.24, 2.45) is 14.1 Å². The zero-order chi connectivity index (χ0) is 12.0. The van der Waals surface area contributed by atoms with E-state index in [1.807, 2.05) is 13.8 Å². The van der Waals surface area contributed by atoms with E-state index < -0.39 is 0 Å². The predicted molar refractivity (Wildman–Crippen MR) is 64.2 cm³/mol. The van der Waals surface area contributed by atoms with E-state index in [1.165, 1.54) is 23.1 Å². The minimum atomic E-state index is -0.335. The van der Waals surface area contributed by atoms with Crippen molar-refractivity contribution in [3.63, 3.8) is 0 Å². The Morgan fingerprint density at radius 3 is 2.38 bits per heavy atom. The smallest absolute Gasteiger partial charge is 0.280 e. The largest absolute Gasteiger partial charge is 0.332 e. The molecule has 0 saturated carbocycles. The number of aryl methyl sites for hydroxylation is 1. The summed E-state index contributed by atoms with van der Waals surface area (Å²) >= 11 is 1.29. The van der Waals surface area contributed by atoms with Gasteiger partial charge in [0, 0.05) is 19.0 Å². The predicted octanol–water partition coefficient (Wildman–Crippen LogP) is 0.817. The fourth-order valence-electron chi connectivity index (χ4n) is 1.69. The van der Waals surface area contributed by atoms with Gasteiger partial charge in [-0.15, -0.1) is 0 Å². The maximum atomic E-state index is 12.0. The molecular formula is C10H13N3O2S. The second-order valence-corrected chi connectivity index (χ2v) is 4.91. The first kappa shape index (κ1) is 11.1. The minimum absolute atomic E-state index is 0.236. The fourth-order valence-corrected chi connectivity index (χ4v) is 2.57. The van der Waals surface area contributed by atoms with E-state index in [0.717, 1.165) is 9.44 Å². The third-order valence-corrected chi connectivity index (χ3v) is 3.77. The number of fused-ring (bicyclic) bond motifs is 1. The maximum absolute atomic E-state index is 12.0. The molecule has 0 aliphatic carbocycles. The number of hydrogen-bond donors (Lipinski definition) is 0. The van der Waals surface area contributed by atoms with E-state index in [-0.39, 0.29) is 17.2 Å². The van der Waals surface area contributed by atoms with Crippen molar-refractivity contribution in [1.82, 2.24) is 13.5 Å². The van der Waals surface area contributed by atoms with Gasteiger partial charge in [0.1, 0.15) is 0 Å². The second kappa shape index (κ2) is 3.55. The molecule has 0 radical (unpaired) electrons. The first-order valence-corrected chi connectivity index (χ1v) is 5.77. The van der Waals surface area contributed by atoms with Crippen LogP contribution in [0.1, 0.15) is 24.6 Å². The van der Waals surface area contributed by atoms with Gasteiger partial charge in [-0.2, -0.15) is 4.37 Å². The number of hydrogen-bond acceptors (Lipinski definition) is 4. The van der Waals surface area contributed by atoms with Crippen LogP contribution in [0.4, 0.5) is 0 Å². The third kappa shape index (κ3) is 1.33. The van der Waals surface area contributed by atoms with E-state index in [9.17, 15) is 9.59 Å². The van der Waals surface area contributed by atoms with Crippen LogP contribution in [0, 0.1) is 0 Å². The van der Waals surface area contributed by atoms with Gasteiger partial charge in [0.05, 0.1) is 5.39 Å². The molecule has 0 fully saturated rings. The first-order valence-electron chi connectivity index (χ1n) is 5.00. The van der Waals surface area contributed by atoms with Crippen molar-refractivity contribution >= 4 is 22.6 Å². The third-order valence-electron chi connectivity index (χ3n) is 2.63. The monoisotopic (exact) mass is 239 g/mol. The molecule has 86 valence electrons. The number of aromatic nitrogens is 3. The molecule has 5 nitrogen and oxygen atoms in total. The highest BCUT2D eigenvalue weighted by Gasteiger charge is 2.17. The van der Waals surface area contributed by atoms with Crippen LogP contribution in [0.5, 0.6) is 0 Å². The zero-order valence-corrected chi connectivity index (χ0v) is 10.5. The average Bonchev–Trinajstić information content (AvgIpc) is 2.67. The molecule has 0 bridgehead atoms. The molecule has 0 aromatic carbocycles. The Bertz CT molecular complexity index is 663. The van der Waals surface area contributed by atoms with Crippen LogP contribution in [0.25, 0.3) is 11.0 Å². The van der Waals surface area contributed by atoms with Gasteiger partial charge in [-0.1, -0.05) is 13.8 Å². The Hall–Kier alpha value is -1.43. The summed E-state index contributed by atoms with van der Waals surface area (Å²) in [4.78, 5) is 24.6. The molecule has 0 saturated heterocycles. The molecule has 0 amide bonds. The quantitative estimate of drug-likeness (QED) is 0.740. The summed E-state index contributed by atoms with van der Waals surface area (Å²) in [5.41, 5.74) is -0.101. The van der Waals surface area contributed by atoms with Crippen molar-refractivity contribution in [3.8, 4) is 0 Å². The van der Waals surface area contributed by atoms with Gasteiger partial charge < -0.3 is 0 Å². The van der Waals surface area contributed by atoms with Gasteiger partial charge in [-0.25, -0.2) is 4.79 Å². The summed E-state index contributed by atoms with van der Waals surface area (Å²) in [6.07, 6.45) is 0. The molecule has 2 rings (SSSR count). The highest BCUT2D eigenvalue weighted by atomic mass is 32.1.